The summed E-state index contributed by atoms with van der Waals surface area (Å²) >= 11 is 0. The second kappa shape index (κ2) is 6.28. The summed E-state index contributed by atoms with van der Waals surface area (Å²) in [6.45, 7) is 1.23. The van der Waals surface area contributed by atoms with E-state index in [0.717, 1.165) is 6.54 Å². The molecule has 2 aromatic heterocycles. The number of hydrogen-bond acceptors (Lipinski definition) is 6. The average Bonchev–Trinajstić information content (AvgIpc) is 3.08. The number of urea groups is 1. The average molecular weight is 331 g/mol. The van der Waals surface area contributed by atoms with Crippen molar-refractivity contribution >= 4 is 28.9 Å². The number of likely N-dealkylation sites (N-methyl/N-ethyl adjacent to an activating group) is 1. The molecule has 4 amide bonds. The number of hydrogen-bond donors (Lipinski definition) is 3. The highest BCUT2D eigenvalue weighted by Gasteiger charge is 2.33. The standard InChI is InChI=1S/C15H17N5O4/c1-20(2)6-5-16-13(21)8-3-4-10-9(17-8)7-11(24-10)12-14(22)19-15(23)18-12/h3-4,7,12H,5-6H2,1-2H3,(H,16,21)(H2,18,19,22,23)/t12-/m0/s1. The van der Waals surface area contributed by atoms with Crippen molar-refractivity contribution in [3.05, 3.63) is 29.7 Å². The summed E-state index contributed by atoms with van der Waals surface area (Å²) in [6.07, 6.45) is 0. The lowest BCUT2D eigenvalue weighted by Crippen LogP contribution is -2.31. The minimum atomic E-state index is -0.885. The lowest BCUT2D eigenvalue weighted by molar-refractivity contribution is -0.120. The molecule has 1 aliphatic rings. The van der Waals surface area contributed by atoms with Gasteiger partial charge in [0.15, 0.2) is 11.6 Å². The maximum absolute atomic E-state index is 12.1. The molecule has 0 aliphatic carbocycles. The minimum Gasteiger partial charge on any atom is -0.457 e. The van der Waals surface area contributed by atoms with Gasteiger partial charge in [0.1, 0.15) is 17.0 Å². The van der Waals surface area contributed by atoms with Crippen LogP contribution in [0.4, 0.5) is 4.79 Å². The van der Waals surface area contributed by atoms with Crippen LogP contribution in [-0.2, 0) is 4.79 Å². The summed E-state index contributed by atoms with van der Waals surface area (Å²) in [5.41, 5.74) is 1.14. The Labute approximate surface area is 137 Å². The Morgan fingerprint density at radius 2 is 2.17 bits per heavy atom. The third-order valence-corrected chi connectivity index (χ3v) is 3.53. The van der Waals surface area contributed by atoms with E-state index in [1.807, 2.05) is 19.0 Å². The quantitative estimate of drug-likeness (QED) is 0.664. The van der Waals surface area contributed by atoms with Gasteiger partial charge in [-0.3, -0.25) is 14.9 Å². The lowest BCUT2D eigenvalue weighted by atomic mass is 10.2. The molecule has 3 heterocycles. The van der Waals surface area contributed by atoms with E-state index in [4.69, 9.17) is 4.42 Å². The fourth-order valence-electron chi connectivity index (χ4n) is 2.31. The topological polar surface area (TPSA) is 117 Å². The number of aromatic nitrogens is 1. The molecule has 1 atom stereocenters. The molecule has 1 aliphatic heterocycles. The molecule has 2 aromatic rings. The molecule has 0 saturated carbocycles. The van der Waals surface area contributed by atoms with Crippen LogP contribution >= 0.6 is 0 Å². The second-order valence-electron chi connectivity index (χ2n) is 5.68. The van der Waals surface area contributed by atoms with Gasteiger partial charge in [-0.1, -0.05) is 0 Å². The van der Waals surface area contributed by atoms with E-state index in [1.54, 1.807) is 18.2 Å². The van der Waals surface area contributed by atoms with Crippen molar-refractivity contribution in [3.8, 4) is 0 Å². The number of imide groups is 1. The monoisotopic (exact) mass is 331 g/mol. The first-order valence-corrected chi connectivity index (χ1v) is 7.39. The lowest BCUT2D eigenvalue weighted by Gasteiger charge is -2.09. The summed E-state index contributed by atoms with van der Waals surface area (Å²) in [7, 11) is 3.84. The van der Waals surface area contributed by atoms with Gasteiger partial charge in [0, 0.05) is 19.2 Å². The van der Waals surface area contributed by atoms with Gasteiger partial charge in [-0.15, -0.1) is 0 Å². The minimum absolute atomic E-state index is 0.258. The number of nitrogens with one attached hydrogen (secondary N) is 3. The van der Waals surface area contributed by atoms with Crippen LogP contribution in [-0.4, -0.2) is 54.9 Å². The van der Waals surface area contributed by atoms with Crippen LogP contribution in [0.15, 0.2) is 22.6 Å². The van der Waals surface area contributed by atoms with Crippen molar-refractivity contribution < 1.29 is 18.8 Å². The van der Waals surface area contributed by atoms with Crippen LogP contribution in [0.1, 0.15) is 22.3 Å². The van der Waals surface area contributed by atoms with Crippen molar-refractivity contribution in [1.29, 1.82) is 0 Å². The van der Waals surface area contributed by atoms with Gasteiger partial charge in [0.25, 0.3) is 11.8 Å². The molecule has 1 fully saturated rings. The molecule has 0 radical (unpaired) electrons. The zero-order valence-corrected chi connectivity index (χ0v) is 13.3. The van der Waals surface area contributed by atoms with Crippen LogP contribution in [0.3, 0.4) is 0 Å². The van der Waals surface area contributed by atoms with Gasteiger partial charge in [-0.25, -0.2) is 9.78 Å². The Bertz CT molecular complexity index is 813. The van der Waals surface area contributed by atoms with Gasteiger partial charge >= 0.3 is 6.03 Å². The Balaban J connectivity index is 1.78. The highest BCUT2D eigenvalue weighted by atomic mass is 16.3. The van der Waals surface area contributed by atoms with Crippen LogP contribution < -0.4 is 16.0 Å². The predicted octanol–water partition coefficient (Wildman–Crippen LogP) is -0.000300. The van der Waals surface area contributed by atoms with E-state index in [0.29, 0.717) is 17.6 Å². The summed E-state index contributed by atoms with van der Waals surface area (Å²) in [5, 5.41) is 7.36. The van der Waals surface area contributed by atoms with E-state index < -0.39 is 18.0 Å². The van der Waals surface area contributed by atoms with E-state index in [2.05, 4.69) is 20.9 Å². The zero-order chi connectivity index (χ0) is 17.3. The maximum Gasteiger partial charge on any atom is 0.322 e. The number of fused-ring (bicyclic) bond motifs is 1. The zero-order valence-electron chi connectivity index (χ0n) is 13.3. The molecule has 0 spiro atoms. The molecular weight excluding hydrogens is 314 g/mol. The molecule has 0 aromatic carbocycles. The van der Waals surface area contributed by atoms with Gasteiger partial charge in [0.05, 0.1) is 0 Å². The van der Waals surface area contributed by atoms with E-state index in [1.165, 1.54) is 0 Å². The van der Waals surface area contributed by atoms with E-state index in [-0.39, 0.29) is 17.4 Å². The molecule has 0 bridgehead atoms. The second-order valence-corrected chi connectivity index (χ2v) is 5.68. The number of carbonyl (C=O) groups is 3. The van der Waals surface area contributed by atoms with Crippen LogP contribution in [0.2, 0.25) is 0 Å². The molecule has 0 unspecified atom stereocenters. The van der Waals surface area contributed by atoms with Gasteiger partial charge in [-0.05, 0) is 26.2 Å². The fourth-order valence-corrected chi connectivity index (χ4v) is 2.31. The van der Waals surface area contributed by atoms with Crippen molar-refractivity contribution in [2.24, 2.45) is 0 Å². The van der Waals surface area contributed by atoms with Gasteiger partial charge in [-0.2, -0.15) is 0 Å². The van der Waals surface area contributed by atoms with Gasteiger partial charge in [0.2, 0.25) is 0 Å². The third-order valence-electron chi connectivity index (χ3n) is 3.53. The first-order valence-electron chi connectivity index (χ1n) is 7.39. The molecule has 1 saturated heterocycles. The summed E-state index contributed by atoms with van der Waals surface area (Å²) in [6, 6.07) is 3.25. The number of carbonyl (C=O) groups excluding carboxylic acids is 3. The Hall–Kier alpha value is -2.94. The van der Waals surface area contributed by atoms with Crippen LogP contribution in [0.25, 0.3) is 11.1 Å². The van der Waals surface area contributed by atoms with Crippen LogP contribution in [0, 0.1) is 0 Å². The molecule has 24 heavy (non-hydrogen) atoms. The smallest absolute Gasteiger partial charge is 0.322 e. The number of furan rings is 1. The van der Waals surface area contributed by atoms with Crippen molar-refractivity contribution in [2.75, 3.05) is 27.2 Å². The molecule has 3 rings (SSSR count). The number of amides is 4. The number of nitrogens with zero attached hydrogens (tertiary/aromatic N) is 2. The fraction of sp³-hybridized carbons (Fsp3) is 0.333. The van der Waals surface area contributed by atoms with E-state index in [9.17, 15) is 14.4 Å². The maximum atomic E-state index is 12.1. The highest BCUT2D eigenvalue weighted by Crippen LogP contribution is 2.24. The molecule has 9 nitrogen and oxygen atoms in total. The molecule has 126 valence electrons. The Morgan fingerprint density at radius 1 is 1.38 bits per heavy atom. The summed E-state index contributed by atoms with van der Waals surface area (Å²) in [4.78, 5) is 41.1. The van der Waals surface area contributed by atoms with Crippen molar-refractivity contribution in [2.45, 2.75) is 6.04 Å². The van der Waals surface area contributed by atoms with Gasteiger partial charge < -0.3 is 20.0 Å². The molecule has 9 heteroatoms. The van der Waals surface area contributed by atoms with Crippen molar-refractivity contribution in [1.82, 2.24) is 25.8 Å². The SMILES string of the molecule is CN(C)CCNC(=O)c1ccc2oc([C@@H]3NC(=O)NC3=O)cc2n1. The number of rotatable bonds is 5. The first kappa shape index (κ1) is 15.9. The first-order chi connectivity index (χ1) is 11.4. The number of pyridine rings is 1. The van der Waals surface area contributed by atoms with E-state index >= 15 is 0 Å². The van der Waals surface area contributed by atoms with Crippen molar-refractivity contribution in [3.63, 3.8) is 0 Å². The molecule has 3 N–H and O–H groups in total. The Kier molecular flexibility index (Phi) is 4.17. The Morgan fingerprint density at radius 3 is 2.83 bits per heavy atom. The summed E-state index contributed by atoms with van der Waals surface area (Å²) in [5.74, 6) is -0.500. The molecular formula is C15H17N5O4. The summed E-state index contributed by atoms with van der Waals surface area (Å²) < 4.78 is 5.54. The highest BCUT2D eigenvalue weighted by molar-refractivity contribution is 6.04. The predicted molar refractivity (Wildman–Crippen MR) is 84.3 cm³/mol. The largest absolute Gasteiger partial charge is 0.457 e. The van der Waals surface area contributed by atoms with Crippen LogP contribution in [0.5, 0.6) is 0 Å². The third kappa shape index (κ3) is 3.20. The normalized spacial score (nSPS) is 17.2.